The minimum Gasteiger partial charge on any atom is -0.388 e. The van der Waals surface area contributed by atoms with Crippen LogP contribution < -0.4 is 5.32 Å². The SMILES string of the molecule is CNc1ccc([C@H]2C[C@@]3(C)C(CC[C@@]34CCCS4(=O)=O)C3CCC4=CC(=O)CCC4=C32)cc1. The van der Waals surface area contributed by atoms with Crippen LogP contribution in [0.1, 0.15) is 76.2 Å². The zero-order valence-electron chi connectivity index (χ0n) is 19.8. The van der Waals surface area contributed by atoms with Crippen molar-refractivity contribution < 1.29 is 13.2 Å². The Hall–Kier alpha value is -1.88. The highest BCUT2D eigenvalue weighted by atomic mass is 32.2. The standard InChI is InChI=1S/C28H35NO3S/c1-27-17-24(18-4-7-20(29-2)8-5-18)26-22-11-9-21(30)16-19(22)6-10-23(26)25(27)12-14-28(27)13-3-15-33(28,31)32/h4-5,7-8,16,23-25,29H,3,6,9-15,17H2,1-2H3/t23?,24-,25?,27+,28+/m1/s1. The minimum absolute atomic E-state index is 0.185. The van der Waals surface area contributed by atoms with Crippen LogP contribution in [0, 0.1) is 17.3 Å². The Labute approximate surface area is 197 Å². The van der Waals surface area contributed by atoms with E-state index in [0.29, 0.717) is 24.0 Å². The van der Waals surface area contributed by atoms with Gasteiger partial charge in [-0.1, -0.05) is 24.6 Å². The Kier molecular flexibility index (Phi) is 4.79. The highest BCUT2D eigenvalue weighted by molar-refractivity contribution is 7.93. The summed E-state index contributed by atoms with van der Waals surface area (Å²) in [6.07, 6.45) is 9.83. The minimum atomic E-state index is -3.08. The van der Waals surface area contributed by atoms with Crippen LogP contribution >= 0.6 is 0 Å². The van der Waals surface area contributed by atoms with E-state index >= 15 is 0 Å². The normalized spacial score (nSPS) is 39.2. The molecule has 5 atom stereocenters. The molecule has 1 aliphatic heterocycles. The molecule has 1 N–H and O–H groups in total. The van der Waals surface area contributed by atoms with Crippen LogP contribution in [0.5, 0.6) is 0 Å². The van der Waals surface area contributed by atoms with Gasteiger partial charge in [-0.05, 0) is 104 Å². The van der Waals surface area contributed by atoms with Gasteiger partial charge < -0.3 is 5.32 Å². The summed E-state index contributed by atoms with van der Waals surface area (Å²) in [5, 5.41) is 3.22. The molecule has 0 radical (unpaired) electrons. The van der Waals surface area contributed by atoms with Crippen molar-refractivity contribution in [2.75, 3.05) is 18.1 Å². The number of allylic oxidation sites excluding steroid dienone is 4. The van der Waals surface area contributed by atoms with Crippen LogP contribution in [0.15, 0.2) is 47.1 Å². The summed E-state index contributed by atoms with van der Waals surface area (Å²) < 4.78 is 26.5. The Bertz CT molecular complexity index is 1180. The second kappa shape index (κ2) is 7.31. The number of anilines is 1. The van der Waals surface area contributed by atoms with E-state index in [1.807, 2.05) is 13.1 Å². The fourth-order valence-corrected chi connectivity index (χ4v) is 11.5. The highest BCUT2D eigenvalue weighted by Crippen LogP contribution is 2.70. The molecular weight excluding hydrogens is 430 g/mol. The second-order valence-corrected chi connectivity index (χ2v) is 13.7. The van der Waals surface area contributed by atoms with Crippen molar-refractivity contribution >= 4 is 21.3 Å². The first-order valence-corrected chi connectivity index (χ1v) is 14.4. The lowest BCUT2D eigenvalue weighted by atomic mass is 9.51. The topological polar surface area (TPSA) is 63.2 Å². The summed E-state index contributed by atoms with van der Waals surface area (Å²) in [7, 11) is -1.15. The first-order chi connectivity index (χ1) is 15.8. The van der Waals surface area contributed by atoms with Gasteiger partial charge in [0.05, 0.1) is 10.5 Å². The van der Waals surface area contributed by atoms with Crippen molar-refractivity contribution in [1.29, 1.82) is 0 Å². The average molecular weight is 466 g/mol. The lowest BCUT2D eigenvalue weighted by Crippen LogP contribution is -2.53. The molecule has 1 heterocycles. The number of rotatable bonds is 2. The van der Waals surface area contributed by atoms with E-state index in [4.69, 9.17) is 0 Å². The lowest BCUT2D eigenvalue weighted by molar-refractivity contribution is -0.114. The maximum atomic E-state index is 13.5. The van der Waals surface area contributed by atoms with Crippen molar-refractivity contribution in [3.63, 3.8) is 0 Å². The molecule has 0 aromatic heterocycles. The first-order valence-electron chi connectivity index (χ1n) is 12.8. The lowest BCUT2D eigenvalue weighted by Gasteiger charge is -2.55. The summed E-state index contributed by atoms with van der Waals surface area (Å²) in [5.74, 6) is 1.73. The molecule has 1 aromatic rings. The molecule has 0 amide bonds. The molecule has 33 heavy (non-hydrogen) atoms. The molecule has 4 nitrogen and oxygen atoms in total. The molecule has 176 valence electrons. The third-order valence-corrected chi connectivity index (χ3v) is 13.1. The Morgan fingerprint density at radius 3 is 2.52 bits per heavy atom. The van der Waals surface area contributed by atoms with Crippen LogP contribution in [0.4, 0.5) is 5.69 Å². The molecule has 6 rings (SSSR count). The van der Waals surface area contributed by atoms with Crippen LogP contribution in [-0.2, 0) is 14.6 Å². The monoisotopic (exact) mass is 465 g/mol. The smallest absolute Gasteiger partial charge is 0.156 e. The number of hydrogen-bond acceptors (Lipinski definition) is 4. The fraction of sp³-hybridized carbons (Fsp3) is 0.607. The summed E-state index contributed by atoms with van der Waals surface area (Å²) in [5.41, 5.74) is 6.46. The van der Waals surface area contributed by atoms with E-state index in [1.54, 1.807) is 5.57 Å². The molecule has 1 saturated heterocycles. The molecular formula is C28H35NO3S. The van der Waals surface area contributed by atoms with Crippen LogP contribution in [0.3, 0.4) is 0 Å². The van der Waals surface area contributed by atoms with Gasteiger partial charge in [-0.15, -0.1) is 0 Å². The van der Waals surface area contributed by atoms with Crippen molar-refractivity contribution in [2.24, 2.45) is 17.3 Å². The van der Waals surface area contributed by atoms with Gasteiger partial charge in [0.1, 0.15) is 0 Å². The molecule has 1 aromatic carbocycles. The van der Waals surface area contributed by atoms with Gasteiger partial charge in [0.15, 0.2) is 15.6 Å². The van der Waals surface area contributed by atoms with Crippen LogP contribution in [0.2, 0.25) is 0 Å². The summed E-state index contributed by atoms with van der Waals surface area (Å²) in [6, 6.07) is 8.76. The molecule has 2 unspecified atom stereocenters. The molecule has 2 saturated carbocycles. The zero-order valence-corrected chi connectivity index (χ0v) is 20.6. The van der Waals surface area contributed by atoms with Crippen molar-refractivity contribution in [1.82, 2.24) is 0 Å². The molecule has 1 spiro atoms. The predicted molar refractivity (Wildman–Crippen MR) is 132 cm³/mol. The average Bonchev–Trinajstić information content (AvgIpc) is 3.29. The fourth-order valence-electron chi connectivity index (χ4n) is 8.74. The van der Waals surface area contributed by atoms with E-state index in [1.165, 1.54) is 16.7 Å². The molecule has 0 bridgehead atoms. The van der Waals surface area contributed by atoms with Gasteiger partial charge >= 0.3 is 0 Å². The summed E-state index contributed by atoms with van der Waals surface area (Å²) in [4.78, 5) is 12.2. The number of benzene rings is 1. The van der Waals surface area contributed by atoms with Crippen molar-refractivity contribution in [3.05, 3.63) is 52.6 Å². The maximum Gasteiger partial charge on any atom is 0.156 e. The summed E-state index contributed by atoms with van der Waals surface area (Å²) in [6.45, 7) is 2.33. The third-order valence-electron chi connectivity index (χ3n) is 10.2. The van der Waals surface area contributed by atoms with E-state index in [-0.39, 0.29) is 17.1 Å². The van der Waals surface area contributed by atoms with Crippen LogP contribution in [-0.4, -0.2) is 31.7 Å². The van der Waals surface area contributed by atoms with Gasteiger partial charge in [-0.3, -0.25) is 4.79 Å². The van der Waals surface area contributed by atoms with E-state index in [0.717, 1.165) is 57.1 Å². The number of hydrogen-bond donors (Lipinski definition) is 1. The predicted octanol–water partition coefficient (Wildman–Crippen LogP) is 5.58. The van der Waals surface area contributed by atoms with E-state index < -0.39 is 14.6 Å². The van der Waals surface area contributed by atoms with Crippen LogP contribution in [0.25, 0.3) is 0 Å². The van der Waals surface area contributed by atoms with Gasteiger partial charge in [-0.25, -0.2) is 8.42 Å². The Balaban J connectivity index is 1.54. The number of carbonyl (C=O) groups is 1. The largest absolute Gasteiger partial charge is 0.388 e. The molecule has 5 heteroatoms. The van der Waals surface area contributed by atoms with Gasteiger partial charge in [0, 0.05) is 25.1 Å². The highest BCUT2D eigenvalue weighted by Gasteiger charge is 2.68. The quantitative estimate of drug-likeness (QED) is 0.620. The number of ketones is 1. The number of fused-ring (bicyclic) bond motifs is 5. The first kappa shape index (κ1) is 21.6. The zero-order chi connectivity index (χ0) is 23.0. The van der Waals surface area contributed by atoms with E-state index in [2.05, 4.69) is 36.5 Å². The van der Waals surface area contributed by atoms with E-state index in [9.17, 15) is 13.2 Å². The number of carbonyl (C=O) groups excluding carboxylic acids is 1. The number of nitrogens with one attached hydrogen (secondary N) is 1. The van der Waals surface area contributed by atoms with Crippen molar-refractivity contribution in [3.8, 4) is 0 Å². The molecule has 3 fully saturated rings. The number of sulfone groups is 1. The van der Waals surface area contributed by atoms with Gasteiger partial charge in [0.2, 0.25) is 0 Å². The Morgan fingerprint density at radius 2 is 1.82 bits per heavy atom. The third kappa shape index (κ3) is 2.87. The second-order valence-electron chi connectivity index (χ2n) is 11.3. The van der Waals surface area contributed by atoms with Gasteiger partial charge in [0.25, 0.3) is 0 Å². The Morgan fingerprint density at radius 1 is 1.03 bits per heavy atom. The summed E-state index contributed by atoms with van der Waals surface area (Å²) >= 11 is 0. The maximum absolute atomic E-state index is 13.5. The van der Waals surface area contributed by atoms with Gasteiger partial charge in [-0.2, -0.15) is 0 Å². The van der Waals surface area contributed by atoms with Crippen molar-refractivity contribution in [2.45, 2.75) is 75.4 Å². The molecule has 4 aliphatic carbocycles. The molecule has 5 aliphatic rings.